The summed E-state index contributed by atoms with van der Waals surface area (Å²) in [7, 11) is 0. The number of carboxylic acid groups (broad SMARTS) is 1. The standard InChI is InChI=1S/C7H13NO2S2/c1-7(2,3)8(6(11)12)4-5(9)10/h4H2,1-3H3,(H,9,10)(H,11,12). The van der Waals surface area contributed by atoms with Gasteiger partial charge < -0.3 is 10.0 Å². The topological polar surface area (TPSA) is 40.5 Å². The molecular weight excluding hydrogens is 194 g/mol. The van der Waals surface area contributed by atoms with Crippen molar-refractivity contribution in [1.82, 2.24) is 4.90 Å². The quantitative estimate of drug-likeness (QED) is 0.530. The van der Waals surface area contributed by atoms with Gasteiger partial charge in [-0.15, -0.1) is 12.6 Å². The Morgan fingerprint density at radius 3 is 2.08 bits per heavy atom. The molecule has 0 spiro atoms. The average Bonchev–Trinajstić information content (AvgIpc) is 1.79. The fourth-order valence-corrected chi connectivity index (χ4v) is 1.44. The highest BCUT2D eigenvalue weighted by atomic mass is 32.1. The van der Waals surface area contributed by atoms with Crippen molar-refractivity contribution in [3.8, 4) is 0 Å². The van der Waals surface area contributed by atoms with Crippen LogP contribution >= 0.6 is 24.8 Å². The molecule has 0 aliphatic rings. The minimum atomic E-state index is -0.902. The number of nitrogens with zero attached hydrogens (tertiary/aromatic N) is 1. The van der Waals surface area contributed by atoms with E-state index in [2.05, 4.69) is 12.6 Å². The summed E-state index contributed by atoms with van der Waals surface area (Å²) in [6, 6.07) is 0. The average molecular weight is 207 g/mol. The van der Waals surface area contributed by atoms with Gasteiger partial charge in [0.1, 0.15) is 10.9 Å². The highest BCUT2D eigenvalue weighted by Gasteiger charge is 2.23. The molecule has 0 aliphatic heterocycles. The van der Waals surface area contributed by atoms with Gasteiger partial charge in [-0.2, -0.15) is 0 Å². The van der Waals surface area contributed by atoms with Crippen LogP contribution < -0.4 is 0 Å². The van der Waals surface area contributed by atoms with Crippen LogP contribution in [-0.2, 0) is 4.79 Å². The SMILES string of the molecule is CC(C)(C)N(CC(=O)O)C(=S)S. The number of aliphatic carboxylic acids is 1. The Labute approximate surface area is 83.2 Å². The molecule has 0 radical (unpaired) electrons. The molecule has 0 fully saturated rings. The first-order valence-corrected chi connectivity index (χ1v) is 4.33. The second kappa shape index (κ2) is 4.09. The minimum absolute atomic E-state index is 0.105. The minimum Gasteiger partial charge on any atom is -0.480 e. The first-order valence-electron chi connectivity index (χ1n) is 3.47. The lowest BCUT2D eigenvalue weighted by Crippen LogP contribution is -2.45. The van der Waals surface area contributed by atoms with Crippen LogP contribution in [0.5, 0.6) is 0 Å². The normalized spacial score (nSPS) is 11.0. The van der Waals surface area contributed by atoms with Crippen molar-refractivity contribution in [3.05, 3.63) is 0 Å². The lowest BCUT2D eigenvalue weighted by Gasteiger charge is -2.34. The summed E-state index contributed by atoms with van der Waals surface area (Å²) in [6.45, 7) is 5.56. The van der Waals surface area contributed by atoms with Crippen LogP contribution in [0.15, 0.2) is 0 Å². The third kappa shape index (κ3) is 3.92. The third-order valence-corrected chi connectivity index (χ3v) is 1.80. The van der Waals surface area contributed by atoms with Crippen molar-refractivity contribution >= 4 is 35.1 Å². The lowest BCUT2D eigenvalue weighted by molar-refractivity contribution is -0.138. The van der Waals surface area contributed by atoms with Crippen LogP contribution in [-0.4, -0.2) is 32.4 Å². The molecule has 3 nitrogen and oxygen atoms in total. The van der Waals surface area contributed by atoms with Gasteiger partial charge in [0.2, 0.25) is 0 Å². The van der Waals surface area contributed by atoms with Crippen molar-refractivity contribution in [3.63, 3.8) is 0 Å². The molecule has 0 aromatic rings. The lowest BCUT2D eigenvalue weighted by atomic mass is 10.1. The van der Waals surface area contributed by atoms with Crippen LogP contribution in [0.2, 0.25) is 0 Å². The Morgan fingerprint density at radius 1 is 1.58 bits per heavy atom. The van der Waals surface area contributed by atoms with Crippen molar-refractivity contribution in [2.45, 2.75) is 26.3 Å². The van der Waals surface area contributed by atoms with Gasteiger partial charge in [-0.3, -0.25) is 4.79 Å². The molecule has 0 rings (SSSR count). The molecule has 5 heteroatoms. The fourth-order valence-electron chi connectivity index (χ4n) is 0.727. The van der Waals surface area contributed by atoms with Gasteiger partial charge in [-0.05, 0) is 20.8 Å². The van der Waals surface area contributed by atoms with Gasteiger partial charge in [0.15, 0.2) is 0 Å². The zero-order valence-corrected chi connectivity index (χ0v) is 9.08. The Morgan fingerprint density at radius 2 is 2.00 bits per heavy atom. The van der Waals surface area contributed by atoms with E-state index in [0.29, 0.717) is 4.32 Å². The summed E-state index contributed by atoms with van der Waals surface area (Å²) in [6.07, 6.45) is 0. The van der Waals surface area contributed by atoms with Crippen molar-refractivity contribution < 1.29 is 9.90 Å². The van der Waals surface area contributed by atoms with Gasteiger partial charge in [0, 0.05) is 5.54 Å². The molecule has 0 heterocycles. The maximum atomic E-state index is 10.4. The van der Waals surface area contributed by atoms with Crippen molar-refractivity contribution in [1.29, 1.82) is 0 Å². The van der Waals surface area contributed by atoms with Gasteiger partial charge in [-0.1, -0.05) is 12.2 Å². The van der Waals surface area contributed by atoms with E-state index in [0.717, 1.165) is 0 Å². The largest absolute Gasteiger partial charge is 0.480 e. The van der Waals surface area contributed by atoms with E-state index in [1.54, 1.807) is 4.90 Å². The van der Waals surface area contributed by atoms with Gasteiger partial charge in [-0.25, -0.2) is 0 Å². The van der Waals surface area contributed by atoms with Crippen LogP contribution in [0.1, 0.15) is 20.8 Å². The van der Waals surface area contributed by atoms with Gasteiger partial charge in [0.25, 0.3) is 0 Å². The van der Waals surface area contributed by atoms with Crippen LogP contribution in [0.25, 0.3) is 0 Å². The van der Waals surface area contributed by atoms with E-state index in [4.69, 9.17) is 17.3 Å². The number of carbonyl (C=O) groups is 1. The van der Waals surface area contributed by atoms with Crippen LogP contribution in [0.4, 0.5) is 0 Å². The summed E-state index contributed by atoms with van der Waals surface area (Å²) < 4.78 is 0.310. The number of hydrogen-bond donors (Lipinski definition) is 2. The first kappa shape index (κ1) is 11.7. The van der Waals surface area contributed by atoms with Crippen molar-refractivity contribution in [2.75, 3.05) is 6.54 Å². The molecule has 0 amide bonds. The molecule has 1 N–H and O–H groups in total. The molecule has 0 atom stereocenters. The predicted molar refractivity (Wildman–Crippen MR) is 55.7 cm³/mol. The highest BCUT2D eigenvalue weighted by Crippen LogP contribution is 2.15. The van der Waals surface area contributed by atoms with E-state index in [9.17, 15) is 4.79 Å². The number of carboxylic acids is 1. The zero-order valence-electron chi connectivity index (χ0n) is 7.37. The van der Waals surface area contributed by atoms with Crippen molar-refractivity contribution in [2.24, 2.45) is 0 Å². The van der Waals surface area contributed by atoms with E-state index in [-0.39, 0.29) is 12.1 Å². The first-order chi connectivity index (χ1) is 5.25. The number of thiol groups is 1. The van der Waals surface area contributed by atoms with Gasteiger partial charge >= 0.3 is 5.97 Å². The monoisotopic (exact) mass is 207 g/mol. The maximum Gasteiger partial charge on any atom is 0.323 e. The summed E-state index contributed by atoms with van der Waals surface area (Å²) >= 11 is 8.77. The molecule has 70 valence electrons. The number of thiocarbonyl (C=S) groups is 1. The van der Waals surface area contributed by atoms with Gasteiger partial charge in [0.05, 0.1) is 0 Å². The highest BCUT2D eigenvalue weighted by molar-refractivity contribution is 8.10. The molecule has 0 bridgehead atoms. The van der Waals surface area contributed by atoms with E-state index in [1.807, 2.05) is 20.8 Å². The summed E-state index contributed by atoms with van der Waals surface area (Å²) in [5, 5.41) is 8.56. The van der Waals surface area contributed by atoms with E-state index >= 15 is 0 Å². The second-order valence-corrected chi connectivity index (χ2v) is 4.55. The fraction of sp³-hybridized carbons (Fsp3) is 0.714. The zero-order chi connectivity index (χ0) is 9.94. The van der Waals surface area contributed by atoms with Crippen LogP contribution in [0.3, 0.4) is 0 Å². The Kier molecular flexibility index (Phi) is 3.99. The molecule has 0 saturated heterocycles. The summed E-state index contributed by atoms with van der Waals surface area (Å²) in [4.78, 5) is 12.0. The molecule has 0 unspecified atom stereocenters. The third-order valence-electron chi connectivity index (χ3n) is 1.33. The molecular formula is C7H13NO2S2. The van der Waals surface area contributed by atoms with E-state index in [1.165, 1.54) is 0 Å². The molecule has 0 aliphatic carbocycles. The summed E-state index contributed by atoms with van der Waals surface area (Å²) in [5.41, 5.74) is -0.294. The maximum absolute atomic E-state index is 10.4. The van der Waals surface area contributed by atoms with E-state index < -0.39 is 5.97 Å². The predicted octanol–water partition coefficient (Wildman–Crippen LogP) is 1.39. The Hall–Kier alpha value is -0.290. The molecule has 0 aromatic heterocycles. The second-order valence-electron chi connectivity index (χ2n) is 3.43. The number of hydrogen-bond acceptors (Lipinski definition) is 2. The number of rotatable bonds is 2. The molecule has 0 saturated carbocycles. The summed E-state index contributed by atoms with van der Waals surface area (Å²) in [5.74, 6) is -0.902. The Bertz CT molecular complexity index is 198. The Balaban J connectivity index is 4.46. The van der Waals surface area contributed by atoms with Crippen LogP contribution in [0, 0.1) is 0 Å². The molecule has 12 heavy (non-hydrogen) atoms. The smallest absolute Gasteiger partial charge is 0.323 e. The molecule has 0 aromatic carbocycles.